The Kier molecular flexibility index (Phi) is 4.49. The molecule has 0 saturated carbocycles. The van der Waals surface area contributed by atoms with Gasteiger partial charge >= 0.3 is 0 Å². The second-order valence-corrected chi connectivity index (χ2v) is 6.00. The predicted molar refractivity (Wildman–Crippen MR) is 75.3 cm³/mol. The van der Waals surface area contributed by atoms with Gasteiger partial charge in [0.15, 0.2) is 0 Å². The number of nitrogens with two attached hydrogens (primary N) is 1. The Morgan fingerprint density at radius 3 is 3.06 bits per heavy atom. The molecule has 0 spiro atoms. The number of amidine groups is 1. The summed E-state index contributed by atoms with van der Waals surface area (Å²) < 4.78 is 0. The van der Waals surface area contributed by atoms with Crippen molar-refractivity contribution < 1.29 is 5.21 Å². The number of hydrogen-bond donors (Lipinski definition) is 2. The lowest BCUT2D eigenvalue weighted by Crippen LogP contribution is -2.30. The van der Waals surface area contributed by atoms with Crippen LogP contribution in [0.25, 0.3) is 0 Å². The van der Waals surface area contributed by atoms with E-state index >= 15 is 0 Å². The van der Waals surface area contributed by atoms with Crippen LogP contribution in [0.1, 0.15) is 12.0 Å². The van der Waals surface area contributed by atoms with E-state index in [1.165, 1.54) is 10.5 Å². The second-order valence-electron chi connectivity index (χ2n) is 4.66. The number of rotatable bonds is 5. The van der Waals surface area contributed by atoms with Gasteiger partial charge in [-0.05, 0) is 25.1 Å². The van der Waals surface area contributed by atoms with Gasteiger partial charge in [-0.2, -0.15) is 0 Å². The zero-order valence-corrected chi connectivity index (χ0v) is 11.4. The summed E-state index contributed by atoms with van der Waals surface area (Å²) in [5.41, 5.74) is 6.92. The van der Waals surface area contributed by atoms with E-state index in [9.17, 15) is 0 Å². The summed E-state index contributed by atoms with van der Waals surface area (Å²) in [6.45, 7) is 1.85. The first kappa shape index (κ1) is 13.2. The van der Waals surface area contributed by atoms with Crippen molar-refractivity contribution in [2.75, 3.05) is 20.1 Å². The van der Waals surface area contributed by atoms with Crippen molar-refractivity contribution in [3.8, 4) is 0 Å². The molecule has 0 aliphatic carbocycles. The number of nitrogens with zero attached hydrogens (tertiary/aromatic N) is 2. The maximum absolute atomic E-state index is 8.49. The normalized spacial score (nSPS) is 19.2. The molecular weight excluding hydrogens is 246 g/mol. The fraction of sp³-hybridized carbons (Fsp3) is 0.462. The standard InChI is InChI=1S/C13H19N3OS/c1-16(7-6-13(14)15-17)9-11-8-10-4-2-3-5-12(10)18-11/h2-5,11,17H,6-9H2,1H3,(H2,14,15). The van der Waals surface area contributed by atoms with Gasteiger partial charge in [-0.25, -0.2) is 0 Å². The third kappa shape index (κ3) is 3.40. The SMILES string of the molecule is CN(CCC(N)=NO)CC1Cc2ccccc2S1. The van der Waals surface area contributed by atoms with Crippen LogP contribution in [0.3, 0.4) is 0 Å². The van der Waals surface area contributed by atoms with E-state index in [1.807, 2.05) is 11.8 Å². The molecule has 1 heterocycles. The summed E-state index contributed by atoms with van der Waals surface area (Å²) in [6, 6.07) is 8.59. The summed E-state index contributed by atoms with van der Waals surface area (Å²) in [4.78, 5) is 3.65. The Morgan fingerprint density at radius 1 is 1.56 bits per heavy atom. The van der Waals surface area contributed by atoms with E-state index < -0.39 is 0 Å². The molecule has 0 amide bonds. The second kappa shape index (κ2) is 6.11. The first-order chi connectivity index (χ1) is 8.69. The highest BCUT2D eigenvalue weighted by Gasteiger charge is 2.22. The van der Waals surface area contributed by atoms with Crippen LogP contribution in [0.2, 0.25) is 0 Å². The molecule has 0 bridgehead atoms. The fourth-order valence-corrected chi connectivity index (χ4v) is 3.56. The fourth-order valence-electron chi connectivity index (χ4n) is 2.15. The van der Waals surface area contributed by atoms with E-state index in [4.69, 9.17) is 10.9 Å². The molecule has 1 aromatic rings. The number of hydrogen-bond acceptors (Lipinski definition) is 4. The van der Waals surface area contributed by atoms with Crippen molar-refractivity contribution in [2.45, 2.75) is 23.0 Å². The molecule has 2 rings (SSSR count). The molecule has 1 aliphatic heterocycles. The van der Waals surface area contributed by atoms with Gasteiger partial charge in [0.1, 0.15) is 5.84 Å². The van der Waals surface area contributed by atoms with E-state index in [-0.39, 0.29) is 0 Å². The van der Waals surface area contributed by atoms with Gasteiger partial charge in [-0.3, -0.25) is 0 Å². The van der Waals surface area contributed by atoms with Gasteiger partial charge in [0, 0.05) is 29.7 Å². The van der Waals surface area contributed by atoms with Gasteiger partial charge in [0.2, 0.25) is 0 Å². The molecular formula is C13H19N3OS. The molecule has 98 valence electrons. The quantitative estimate of drug-likeness (QED) is 0.369. The molecule has 4 nitrogen and oxygen atoms in total. The van der Waals surface area contributed by atoms with E-state index in [1.54, 1.807) is 0 Å². The Balaban J connectivity index is 1.79. The van der Waals surface area contributed by atoms with Gasteiger partial charge < -0.3 is 15.8 Å². The van der Waals surface area contributed by atoms with Gasteiger partial charge in [-0.15, -0.1) is 11.8 Å². The first-order valence-electron chi connectivity index (χ1n) is 6.08. The van der Waals surface area contributed by atoms with Gasteiger partial charge in [0.25, 0.3) is 0 Å². The molecule has 5 heteroatoms. The molecule has 0 aromatic heterocycles. The lowest BCUT2D eigenvalue weighted by atomic mass is 10.1. The van der Waals surface area contributed by atoms with Crippen LogP contribution >= 0.6 is 11.8 Å². The highest BCUT2D eigenvalue weighted by Crippen LogP contribution is 2.36. The van der Waals surface area contributed by atoms with Crippen LogP contribution in [0.15, 0.2) is 34.3 Å². The molecule has 18 heavy (non-hydrogen) atoms. The average Bonchev–Trinajstić information content (AvgIpc) is 2.77. The Hall–Kier alpha value is -1.20. The average molecular weight is 265 g/mol. The third-order valence-corrected chi connectivity index (χ3v) is 4.41. The van der Waals surface area contributed by atoms with Crippen molar-refractivity contribution >= 4 is 17.6 Å². The van der Waals surface area contributed by atoms with Gasteiger partial charge in [-0.1, -0.05) is 23.4 Å². The van der Waals surface area contributed by atoms with Crippen molar-refractivity contribution in [2.24, 2.45) is 10.9 Å². The van der Waals surface area contributed by atoms with Crippen LogP contribution in [-0.4, -0.2) is 41.3 Å². The van der Waals surface area contributed by atoms with Crippen LogP contribution in [0.4, 0.5) is 0 Å². The third-order valence-electron chi connectivity index (χ3n) is 3.11. The Labute approximate surface area is 112 Å². The van der Waals surface area contributed by atoms with Crippen LogP contribution in [0.5, 0.6) is 0 Å². The number of oxime groups is 1. The monoisotopic (exact) mass is 265 g/mol. The summed E-state index contributed by atoms with van der Waals surface area (Å²) in [7, 11) is 2.08. The predicted octanol–water partition coefficient (Wildman–Crippen LogP) is 1.77. The van der Waals surface area contributed by atoms with Crippen molar-refractivity contribution in [3.05, 3.63) is 29.8 Å². The van der Waals surface area contributed by atoms with Crippen molar-refractivity contribution in [1.29, 1.82) is 0 Å². The lowest BCUT2D eigenvalue weighted by molar-refractivity contribution is 0.311. The zero-order valence-electron chi connectivity index (χ0n) is 10.5. The molecule has 3 N–H and O–H groups in total. The maximum Gasteiger partial charge on any atom is 0.140 e. The maximum atomic E-state index is 8.49. The molecule has 1 aliphatic rings. The minimum Gasteiger partial charge on any atom is -0.409 e. The summed E-state index contributed by atoms with van der Waals surface area (Å²) >= 11 is 1.95. The zero-order chi connectivity index (χ0) is 13.0. The first-order valence-corrected chi connectivity index (χ1v) is 6.96. The molecule has 1 atom stereocenters. The molecule has 1 aromatic carbocycles. The van der Waals surface area contributed by atoms with Crippen LogP contribution in [0, 0.1) is 0 Å². The number of fused-ring (bicyclic) bond motifs is 1. The smallest absolute Gasteiger partial charge is 0.140 e. The lowest BCUT2D eigenvalue weighted by Gasteiger charge is -2.19. The molecule has 1 unspecified atom stereocenters. The van der Waals surface area contributed by atoms with Crippen molar-refractivity contribution in [3.63, 3.8) is 0 Å². The minimum absolute atomic E-state index is 0.296. The molecule has 0 fully saturated rings. The summed E-state index contributed by atoms with van der Waals surface area (Å²) in [5, 5.41) is 12.1. The molecule has 0 saturated heterocycles. The molecule has 0 radical (unpaired) electrons. The number of benzene rings is 1. The van der Waals surface area contributed by atoms with E-state index in [0.717, 1.165) is 19.5 Å². The summed E-state index contributed by atoms with van der Waals surface area (Å²) in [5.74, 6) is 0.296. The number of thioether (sulfide) groups is 1. The van der Waals surface area contributed by atoms with E-state index in [0.29, 0.717) is 17.5 Å². The van der Waals surface area contributed by atoms with Crippen LogP contribution < -0.4 is 5.73 Å². The topological polar surface area (TPSA) is 61.8 Å². The largest absolute Gasteiger partial charge is 0.409 e. The Morgan fingerprint density at radius 2 is 2.33 bits per heavy atom. The summed E-state index contributed by atoms with van der Waals surface area (Å²) in [6.07, 6.45) is 1.74. The Bertz CT molecular complexity index is 411. The highest BCUT2D eigenvalue weighted by atomic mass is 32.2. The van der Waals surface area contributed by atoms with Crippen molar-refractivity contribution in [1.82, 2.24) is 4.90 Å². The highest BCUT2D eigenvalue weighted by molar-refractivity contribution is 8.00. The minimum atomic E-state index is 0.296. The van der Waals surface area contributed by atoms with Crippen LogP contribution in [-0.2, 0) is 6.42 Å². The van der Waals surface area contributed by atoms with E-state index in [2.05, 4.69) is 41.4 Å². The van der Waals surface area contributed by atoms with Gasteiger partial charge in [0.05, 0.1) is 0 Å².